The Morgan fingerprint density at radius 3 is 2.67 bits per heavy atom. The van der Waals surface area contributed by atoms with Crippen molar-refractivity contribution in [1.82, 2.24) is 5.32 Å². The van der Waals surface area contributed by atoms with E-state index in [2.05, 4.69) is 5.32 Å². The maximum absolute atomic E-state index is 12.0. The third-order valence-corrected chi connectivity index (χ3v) is 2.63. The summed E-state index contributed by atoms with van der Waals surface area (Å²) in [7, 11) is 3.09. The molecule has 0 aromatic heterocycles. The van der Waals surface area contributed by atoms with Crippen LogP contribution in [0.25, 0.3) is 0 Å². The molecule has 3 N–H and O–H groups in total. The van der Waals surface area contributed by atoms with Gasteiger partial charge in [-0.2, -0.15) is 0 Å². The molecular weight excluding hydrogens is 232 g/mol. The zero-order valence-corrected chi connectivity index (χ0v) is 11.0. The van der Waals surface area contributed by atoms with E-state index < -0.39 is 0 Å². The Labute approximate surface area is 107 Å². The number of carbonyl (C=O) groups is 1. The first-order chi connectivity index (χ1) is 8.62. The summed E-state index contributed by atoms with van der Waals surface area (Å²) in [6.07, 6.45) is 0.740. The lowest BCUT2D eigenvalue weighted by atomic mass is 10.1. The van der Waals surface area contributed by atoms with Crippen molar-refractivity contribution >= 4 is 5.91 Å². The Balaban J connectivity index is 2.84. The highest BCUT2D eigenvalue weighted by molar-refractivity contribution is 5.97. The van der Waals surface area contributed by atoms with Gasteiger partial charge in [-0.25, -0.2) is 0 Å². The third-order valence-electron chi connectivity index (χ3n) is 2.63. The second-order valence-corrected chi connectivity index (χ2v) is 4.02. The van der Waals surface area contributed by atoms with Crippen molar-refractivity contribution in [1.29, 1.82) is 0 Å². The summed E-state index contributed by atoms with van der Waals surface area (Å²) in [5, 5.41) is 2.87. The van der Waals surface area contributed by atoms with E-state index in [-0.39, 0.29) is 11.9 Å². The first-order valence-corrected chi connectivity index (χ1v) is 5.85. The maximum Gasteiger partial charge on any atom is 0.255 e. The number of amides is 1. The summed E-state index contributed by atoms with van der Waals surface area (Å²) >= 11 is 0. The molecule has 0 aliphatic heterocycles. The van der Waals surface area contributed by atoms with Crippen LogP contribution in [0.2, 0.25) is 0 Å². The average molecular weight is 252 g/mol. The molecule has 0 bridgehead atoms. The molecule has 5 nitrogen and oxygen atoms in total. The molecule has 1 aromatic rings. The topological polar surface area (TPSA) is 73.6 Å². The normalized spacial score (nSPS) is 11.8. The molecular formula is C13H20N2O3. The molecule has 1 atom stereocenters. The van der Waals surface area contributed by atoms with Gasteiger partial charge in [-0.05, 0) is 32.0 Å². The number of hydrogen-bond donors (Lipinski definition) is 2. The largest absolute Gasteiger partial charge is 0.497 e. The fourth-order valence-corrected chi connectivity index (χ4v) is 1.61. The predicted molar refractivity (Wildman–Crippen MR) is 70.1 cm³/mol. The zero-order chi connectivity index (χ0) is 13.5. The van der Waals surface area contributed by atoms with E-state index in [9.17, 15) is 4.79 Å². The van der Waals surface area contributed by atoms with Crippen molar-refractivity contribution in [2.45, 2.75) is 19.4 Å². The molecule has 0 heterocycles. The second kappa shape index (κ2) is 6.86. The first-order valence-electron chi connectivity index (χ1n) is 5.85. The summed E-state index contributed by atoms with van der Waals surface area (Å²) in [6.45, 7) is 2.46. The summed E-state index contributed by atoms with van der Waals surface area (Å²) < 4.78 is 10.3. The fraction of sp³-hybridized carbons (Fsp3) is 0.462. The molecule has 100 valence electrons. The number of benzene rings is 1. The monoisotopic (exact) mass is 252 g/mol. The van der Waals surface area contributed by atoms with Crippen LogP contribution in [-0.2, 0) is 0 Å². The molecule has 0 aliphatic carbocycles. The van der Waals surface area contributed by atoms with Crippen molar-refractivity contribution < 1.29 is 14.3 Å². The van der Waals surface area contributed by atoms with Crippen molar-refractivity contribution in [3.63, 3.8) is 0 Å². The Morgan fingerprint density at radius 2 is 2.11 bits per heavy atom. The van der Waals surface area contributed by atoms with Gasteiger partial charge in [0, 0.05) is 12.1 Å². The number of nitrogens with two attached hydrogens (primary N) is 1. The molecule has 1 aromatic carbocycles. The van der Waals surface area contributed by atoms with Gasteiger partial charge in [-0.3, -0.25) is 4.79 Å². The van der Waals surface area contributed by atoms with Crippen LogP contribution in [0.4, 0.5) is 0 Å². The quantitative estimate of drug-likeness (QED) is 0.797. The van der Waals surface area contributed by atoms with Gasteiger partial charge in [-0.1, -0.05) is 0 Å². The molecule has 1 amide bonds. The summed E-state index contributed by atoms with van der Waals surface area (Å²) in [5.41, 5.74) is 5.93. The highest BCUT2D eigenvalue weighted by Gasteiger charge is 2.14. The standard InChI is InChI=1S/C13H20N2O3/c1-9(6-7-14)15-13(16)11-5-4-10(17-2)8-12(11)18-3/h4-5,8-9H,6-7,14H2,1-3H3,(H,15,16). The van der Waals surface area contributed by atoms with Crippen LogP contribution in [-0.4, -0.2) is 32.7 Å². The van der Waals surface area contributed by atoms with E-state index in [1.165, 1.54) is 7.11 Å². The van der Waals surface area contributed by atoms with Gasteiger partial charge >= 0.3 is 0 Å². The minimum absolute atomic E-state index is 0.0364. The van der Waals surface area contributed by atoms with Crippen LogP contribution >= 0.6 is 0 Å². The van der Waals surface area contributed by atoms with E-state index in [4.69, 9.17) is 15.2 Å². The molecule has 5 heteroatoms. The summed E-state index contributed by atoms with van der Waals surface area (Å²) in [5.74, 6) is 0.973. The van der Waals surface area contributed by atoms with Gasteiger partial charge in [-0.15, -0.1) is 0 Å². The lowest BCUT2D eigenvalue weighted by Crippen LogP contribution is -2.34. The fourth-order valence-electron chi connectivity index (χ4n) is 1.61. The van der Waals surface area contributed by atoms with E-state index in [1.807, 2.05) is 6.92 Å². The lowest BCUT2D eigenvalue weighted by molar-refractivity contribution is 0.0936. The third kappa shape index (κ3) is 3.63. The van der Waals surface area contributed by atoms with Gasteiger partial charge in [0.15, 0.2) is 0 Å². The molecule has 1 rings (SSSR count). The van der Waals surface area contributed by atoms with Crippen LogP contribution in [0.5, 0.6) is 11.5 Å². The van der Waals surface area contributed by atoms with Crippen LogP contribution in [0.15, 0.2) is 18.2 Å². The van der Waals surface area contributed by atoms with Gasteiger partial charge in [0.05, 0.1) is 19.8 Å². The zero-order valence-electron chi connectivity index (χ0n) is 11.0. The smallest absolute Gasteiger partial charge is 0.255 e. The van der Waals surface area contributed by atoms with Crippen molar-refractivity contribution in [3.8, 4) is 11.5 Å². The molecule has 0 aliphatic rings. The first kappa shape index (κ1) is 14.3. The molecule has 0 saturated carbocycles. The minimum atomic E-state index is -0.171. The van der Waals surface area contributed by atoms with Crippen molar-refractivity contribution in [2.24, 2.45) is 5.73 Å². The Hall–Kier alpha value is -1.75. The van der Waals surface area contributed by atoms with Gasteiger partial charge in [0.1, 0.15) is 11.5 Å². The van der Waals surface area contributed by atoms with E-state index in [0.717, 1.165) is 6.42 Å². The Bertz CT molecular complexity index is 407. The summed E-state index contributed by atoms with van der Waals surface area (Å²) in [4.78, 5) is 12.0. The van der Waals surface area contributed by atoms with E-state index in [0.29, 0.717) is 23.6 Å². The molecule has 0 spiro atoms. The number of rotatable bonds is 6. The van der Waals surface area contributed by atoms with Gasteiger partial charge in [0.2, 0.25) is 0 Å². The van der Waals surface area contributed by atoms with Crippen LogP contribution in [0, 0.1) is 0 Å². The number of carbonyl (C=O) groups excluding carboxylic acids is 1. The van der Waals surface area contributed by atoms with Crippen molar-refractivity contribution in [3.05, 3.63) is 23.8 Å². The number of methoxy groups -OCH3 is 2. The number of nitrogens with one attached hydrogen (secondary N) is 1. The lowest BCUT2D eigenvalue weighted by Gasteiger charge is -2.15. The van der Waals surface area contributed by atoms with Gasteiger partial charge in [0.25, 0.3) is 5.91 Å². The SMILES string of the molecule is COc1ccc(C(=O)NC(C)CCN)c(OC)c1. The highest BCUT2D eigenvalue weighted by Crippen LogP contribution is 2.24. The van der Waals surface area contributed by atoms with Crippen LogP contribution in [0.3, 0.4) is 0 Å². The number of hydrogen-bond acceptors (Lipinski definition) is 4. The average Bonchev–Trinajstić information content (AvgIpc) is 2.38. The number of ether oxygens (including phenoxy) is 2. The molecule has 1 unspecified atom stereocenters. The maximum atomic E-state index is 12.0. The second-order valence-electron chi connectivity index (χ2n) is 4.02. The molecule has 0 saturated heterocycles. The van der Waals surface area contributed by atoms with Gasteiger partial charge < -0.3 is 20.5 Å². The van der Waals surface area contributed by atoms with Crippen LogP contribution in [0.1, 0.15) is 23.7 Å². The highest BCUT2D eigenvalue weighted by atomic mass is 16.5. The predicted octanol–water partition coefficient (Wildman–Crippen LogP) is 1.17. The molecule has 18 heavy (non-hydrogen) atoms. The summed E-state index contributed by atoms with van der Waals surface area (Å²) in [6, 6.07) is 5.13. The molecule has 0 fully saturated rings. The van der Waals surface area contributed by atoms with Crippen molar-refractivity contribution in [2.75, 3.05) is 20.8 Å². The van der Waals surface area contributed by atoms with E-state index in [1.54, 1.807) is 25.3 Å². The van der Waals surface area contributed by atoms with Crippen LogP contribution < -0.4 is 20.5 Å². The Kier molecular flexibility index (Phi) is 5.45. The Morgan fingerprint density at radius 1 is 1.39 bits per heavy atom. The minimum Gasteiger partial charge on any atom is -0.497 e. The van der Waals surface area contributed by atoms with E-state index >= 15 is 0 Å². The molecule has 0 radical (unpaired) electrons.